The van der Waals surface area contributed by atoms with Crippen LogP contribution in [0.15, 0.2) is 63.6 Å². The summed E-state index contributed by atoms with van der Waals surface area (Å²) in [6.45, 7) is 2.04. The average Bonchev–Trinajstić information content (AvgIpc) is 2.48. The zero-order valence-electron chi connectivity index (χ0n) is 12.1. The number of aryl methyl sites for hydroxylation is 1. The first-order valence-electron chi connectivity index (χ1n) is 6.63. The molecule has 0 amide bonds. The summed E-state index contributed by atoms with van der Waals surface area (Å²) in [6.07, 6.45) is 2.70. The van der Waals surface area contributed by atoms with E-state index in [9.17, 15) is 8.42 Å². The van der Waals surface area contributed by atoms with Crippen LogP contribution in [0.3, 0.4) is 0 Å². The summed E-state index contributed by atoms with van der Waals surface area (Å²) in [5.41, 5.74) is 1.89. The van der Waals surface area contributed by atoms with E-state index in [1.54, 1.807) is 18.2 Å². The highest BCUT2D eigenvalue weighted by Crippen LogP contribution is 2.33. The SMILES string of the molecule is Cc1ccccc1Sc1ncnc2ccc(S(C)(=O)=O)cc12. The molecule has 3 aromatic rings. The summed E-state index contributed by atoms with van der Waals surface area (Å²) >= 11 is 1.52. The molecule has 3 rings (SSSR count). The first-order valence-corrected chi connectivity index (χ1v) is 9.34. The van der Waals surface area contributed by atoms with Gasteiger partial charge in [0.25, 0.3) is 0 Å². The monoisotopic (exact) mass is 330 g/mol. The van der Waals surface area contributed by atoms with Crippen molar-refractivity contribution in [3.63, 3.8) is 0 Å². The van der Waals surface area contributed by atoms with Gasteiger partial charge < -0.3 is 0 Å². The normalized spacial score (nSPS) is 11.7. The van der Waals surface area contributed by atoms with Crippen LogP contribution in [0.25, 0.3) is 10.9 Å². The van der Waals surface area contributed by atoms with Gasteiger partial charge in [0.1, 0.15) is 11.4 Å². The number of hydrogen-bond donors (Lipinski definition) is 0. The molecular weight excluding hydrogens is 316 g/mol. The lowest BCUT2D eigenvalue weighted by Gasteiger charge is -2.08. The fraction of sp³-hybridized carbons (Fsp3) is 0.125. The minimum atomic E-state index is -3.26. The third kappa shape index (κ3) is 2.98. The lowest BCUT2D eigenvalue weighted by molar-refractivity contribution is 0.602. The van der Waals surface area contributed by atoms with Gasteiger partial charge in [-0.15, -0.1) is 0 Å². The number of aromatic nitrogens is 2. The Labute approximate surface area is 133 Å². The molecule has 0 radical (unpaired) electrons. The third-order valence-electron chi connectivity index (χ3n) is 3.30. The largest absolute Gasteiger partial charge is 0.236 e. The van der Waals surface area contributed by atoms with Crippen LogP contribution in [-0.4, -0.2) is 24.6 Å². The molecule has 6 heteroatoms. The molecule has 0 unspecified atom stereocenters. The van der Waals surface area contributed by atoms with Gasteiger partial charge >= 0.3 is 0 Å². The average molecular weight is 330 g/mol. The molecule has 4 nitrogen and oxygen atoms in total. The van der Waals surface area contributed by atoms with Crippen LogP contribution in [0.5, 0.6) is 0 Å². The van der Waals surface area contributed by atoms with Crippen molar-refractivity contribution < 1.29 is 8.42 Å². The first-order chi connectivity index (χ1) is 10.4. The number of rotatable bonds is 3. The van der Waals surface area contributed by atoms with E-state index < -0.39 is 9.84 Å². The van der Waals surface area contributed by atoms with E-state index in [1.807, 2.05) is 31.2 Å². The van der Waals surface area contributed by atoms with E-state index in [1.165, 1.54) is 24.3 Å². The van der Waals surface area contributed by atoms with E-state index >= 15 is 0 Å². The molecular formula is C16H14N2O2S2. The summed E-state index contributed by atoms with van der Waals surface area (Å²) in [6, 6.07) is 13.0. The molecule has 0 N–H and O–H groups in total. The van der Waals surface area contributed by atoms with Crippen molar-refractivity contribution in [3.8, 4) is 0 Å². The van der Waals surface area contributed by atoms with Crippen LogP contribution in [0.2, 0.25) is 0 Å². The number of hydrogen-bond acceptors (Lipinski definition) is 5. The smallest absolute Gasteiger partial charge is 0.175 e. The fourth-order valence-corrected chi connectivity index (χ4v) is 3.70. The Hall–Kier alpha value is -1.92. The van der Waals surface area contributed by atoms with Crippen molar-refractivity contribution in [2.75, 3.05) is 6.26 Å². The van der Waals surface area contributed by atoms with Crippen molar-refractivity contribution in [2.24, 2.45) is 0 Å². The van der Waals surface area contributed by atoms with Gasteiger partial charge in [-0.2, -0.15) is 0 Å². The summed E-state index contributed by atoms with van der Waals surface area (Å²) in [7, 11) is -3.26. The van der Waals surface area contributed by atoms with E-state index in [0.717, 1.165) is 26.4 Å². The predicted octanol–water partition coefficient (Wildman–Crippen LogP) is 3.49. The Morgan fingerprint density at radius 3 is 2.55 bits per heavy atom. The lowest BCUT2D eigenvalue weighted by atomic mass is 10.2. The molecule has 0 aliphatic heterocycles. The summed E-state index contributed by atoms with van der Waals surface area (Å²) in [5, 5.41) is 1.50. The highest BCUT2D eigenvalue weighted by atomic mass is 32.2. The molecule has 1 aromatic heterocycles. The molecule has 0 saturated carbocycles. The van der Waals surface area contributed by atoms with Crippen LogP contribution in [0.4, 0.5) is 0 Å². The van der Waals surface area contributed by atoms with Crippen LogP contribution < -0.4 is 0 Å². The molecule has 0 aliphatic carbocycles. The number of nitrogens with zero attached hydrogens (tertiary/aromatic N) is 2. The molecule has 0 fully saturated rings. The van der Waals surface area contributed by atoms with Crippen molar-refractivity contribution >= 4 is 32.5 Å². The molecule has 0 atom stereocenters. The van der Waals surface area contributed by atoms with Gasteiger partial charge in [0, 0.05) is 16.5 Å². The van der Waals surface area contributed by atoms with Gasteiger partial charge in [-0.25, -0.2) is 18.4 Å². The quantitative estimate of drug-likeness (QED) is 0.688. The number of fused-ring (bicyclic) bond motifs is 1. The highest BCUT2D eigenvalue weighted by Gasteiger charge is 2.12. The first kappa shape index (κ1) is 15.0. The van der Waals surface area contributed by atoms with E-state index in [2.05, 4.69) is 9.97 Å². The zero-order chi connectivity index (χ0) is 15.7. The van der Waals surface area contributed by atoms with Gasteiger partial charge in [0.15, 0.2) is 9.84 Å². The van der Waals surface area contributed by atoms with Gasteiger partial charge in [0.2, 0.25) is 0 Å². The van der Waals surface area contributed by atoms with Gasteiger partial charge in [0.05, 0.1) is 10.4 Å². The van der Waals surface area contributed by atoms with E-state index in [-0.39, 0.29) is 4.90 Å². The van der Waals surface area contributed by atoms with E-state index in [4.69, 9.17) is 0 Å². The van der Waals surface area contributed by atoms with Gasteiger partial charge in [-0.3, -0.25) is 0 Å². The van der Waals surface area contributed by atoms with Gasteiger partial charge in [-0.05, 0) is 36.8 Å². The second-order valence-electron chi connectivity index (χ2n) is 5.00. The van der Waals surface area contributed by atoms with Crippen molar-refractivity contribution in [1.29, 1.82) is 0 Å². The van der Waals surface area contributed by atoms with Gasteiger partial charge in [-0.1, -0.05) is 30.0 Å². The standard InChI is InChI=1S/C16H14N2O2S2/c1-11-5-3-4-6-15(11)21-16-13-9-12(22(2,19)20)7-8-14(13)17-10-18-16/h3-10H,1-2H3. The van der Waals surface area contributed by atoms with Crippen LogP contribution in [-0.2, 0) is 9.84 Å². The predicted molar refractivity (Wildman–Crippen MR) is 87.9 cm³/mol. The second kappa shape index (κ2) is 5.70. The maximum Gasteiger partial charge on any atom is 0.175 e. The van der Waals surface area contributed by atoms with Crippen molar-refractivity contribution in [2.45, 2.75) is 21.7 Å². The Morgan fingerprint density at radius 1 is 1.05 bits per heavy atom. The minimum Gasteiger partial charge on any atom is -0.236 e. The van der Waals surface area contributed by atoms with Crippen LogP contribution in [0.1, 0.15) is 5.56 Å². The topological polar surface area (TPSA) is 59.9 Å². The maximum atomic E-state index is 11.8. The van der Waals surface area contributed by atoms with Crippen molar-refractivity contribution in [1.82, 2.24) is 9.97 Å². The molecule has 0 aliphatic rings. The minimum absolute atomic E-state index is 0.279. The molecule has 2 aromatic carbocycles. The van der Waals surface area contributed by atoms with E-state index in [0.29, 0.717) is 0 Å². The van der Waals surface area contributed by atoms with Crippen LogP contribution >= 0.6 is 11.8 Å². The molecule has 0 bridgehead atoms. The summed E-state index contributed by atoms with van der Waals surface area (Å²) in [5.74, 6) is 0. The van der Waals surface area contributed by atoms with Crippen LogP contribution in [0, 0.1) is 6.92 Å². The Balaban J connectivity index is 2.15. The number of sulfone groups is 1. The Morgan fingerprint density at radius 2 is 1.82 bits per heavy atom. The maximum absolute atomic E-state index is 11.8. The summed E-state index contributed by atoms with van der Waals surface area (Å²) in [4.78, 5) is 9.90. The Bertz CT molecular complexity index is 953. The highest BCUT2D eigenvalue weighted by molar-refractivity contribution is 7.99. The molecule has 0 saturated heterocycles. The summed E-state index contributed by atoms with van der Waals surface area (Å²) < 4.78 is 23.5. The molecule has 1 heterocycles. The lowest BCUT2D eigenvalue weighted by Crippen LogP contribution is -1.97. The zero-order valence-corrected chi connectivity index (χ0v) is 13.8. The fourth-order valence-electron chi connectivity index (χ4n) is 2.10. The van der Waals surface area contributed by atoms with Crippen molar-refractivity contribution in [3.05, 3.63) is 54.4 Å². The Kier molecular flexibility index (Phi) is 3.88. The molecule has 112 valence electrons. The third-order valence-corrected chi connectivity index (χ3v) is 5.61. The molecule has 22 heavy (non-hydrogen) atoms. The second-order valence-corrected chi connectivity index (χ2v) is 8.04. The number of benzene rings is 2. The molecule has 0 spiro atoms.